The van der Waals surface area contributed by atoms with E-state index >= 15 is 0 Å². The van der Waals surface area contributed by atoms with Gasteiger partial charge in [0, 0.05) is 26.7 Å². The van der Waals surface area contributed by atoms with Crippen molar-refractivity contribution in [3.8, 4) is 0 Å². The Hall–Kier alpha value is -1.55. The summed E-state index contributed by atoms with van der Waals surface area (Å²) >= 11 is 0. The number of nitrogens with zero attached hydrogens (tertiary/aromatic N) is 1. The van der Waals surface area contributed by atoms with E-state index in [9.17, 15) is 4.79 Å². The summed E-state index contributed by atoms with van der Waals surface area (Å²) < 4.78 is 5.37. The summed E-state index contributed by atoms with van der Waals surface area (Å²) in [5.74, 6) is 0.483. The first-order valence-corrected chi connectivity index (χ1v) is 7.67. The summed E-state index contributed by atoms with van der Waals surface area (Å²) in [5.41, 5.74) is 1.29. The average Bonchev–Trinajstić information content (AvgIpc) is 2.87. The molecule has 4 nitrogen and oxygen atoms in total. The van der Waals surface area contributed by atoms with Crippen LogP contribution in [0.25, 0.3) is 0 Å². The molecule has 0 saturated carbocycles. The first-order valence-electron chi connectivity index (χ1n) is 7.67. The molecule has 1 amide bonds. The highest BCUT2D eigenvalue weighted by molar-refractivity contribution is 5.67. The molecular weight excluding hydrogens is 264 g/mol. The number of rotatable bonds is 5. The van der Waals surface area contributed by atoms with Crippen LogP contribution < -0.4 is 5.32 Å². The summed E-state index contributed by atoms with van der Waals surface area (Å²) in [6, 6.07) is 9.77. The molecule has 4 heteroatoms. The quantitative estimate of drug-likeness (QED) is 0.906. The predicted molar refractivity (Wildman–Crippen MR) is 84.0 cm³/mol. The Morgan fingerprint density at radius 1 is 1.43 bits per heavy atom. The van der Waals surface area contributed by atoms with E-state index in [1.165, 1.54) is 0 Å². The van der Waals surface area contributed by atoms with Crippen LogP contribution in [0, 0.1) is 11.3 Å². The molecule has 1 N–H and O–H groups in total. The Labute approximate surface area is 127 Å². The summed E-state index contributed by atoms with van der Waals surface area (Å²) in [6.07, 6.45) is 0.876. The number of benzene rings is 1. The third-order valence-corrected chi connectivity index (χ3v) is 4.72. The number of amides is 1. The Morgan fingerprint density at radius 3 is 2.81 bits per heavy atom. The van der Waals surface area contributed by atoms with Crippen molar-refractivity contribution < 1.29 is 9.53 Å². The highest BCUT2D eigenvalue weighted by Gasteiger charge is 2.38. The lowest BCUT2D eigenvalue weighted by molar-refractivity contribution is 0.0911. The lowest BCUT2D eigenvalue weighted by Crippen LogP contribution is -2.38. The molecule has 0 spiro atoms. The van der Waals surface area contributed by atoms with E-state index in [4.69, 9.17) is 4.74 Å². The van der Waals surface area contributed by atoms with Crippen molar-refractivity contribution in [2.75, 3.05) is 26.7 Å². The fourth-order valence-corrected chi connectivity index (χ4v) is 2.86. The number of hydrogen-bond acceptors (Lipinski definition) is 3. The van der Waals surface area contributed by atoms with Crippen LogP contribution in [0.2, 0.25) is 0 Å². The molecule has 1 aromatic rings. The number of carbonyl (C=O) groups excluding carboxylic acids is 1. The zero-order valence-corrected chi connectivity index (χ0v) is 13.3. The van der Waals surface area contributed by atoms with Crippen molar-refractivity contribution in [2.24, 2.45) is 11.3 Å². The highest BCUT2D eigenvalue weighted by atomic mass is 16.6. The molecule has 0 radical (unpaired) electrons. The van der Waals surface area contributed by atoms with Crippen molar-refractivity contribution in [3.63, 3.8) is 0 Å². The fraction of sp³-hybridized carbons (Fsp3) is 0.588. The molecule has 0 bridgehead atoms. The number of carbonyl (C=O) groups is 1. The molecule has 1 heterocycles. The van der Waals surface area contributed by atoms with Gasteiger partial charge in [0.25, 0.3) is 0 Å². The second-order valence-corrected chi connectivity index (χ2v) is 6.26. The molecule has 2 atom stereocenters. The largest absolute Gasteiger partial charge is 0.445 e. The molecule has 0 aromatic heterocycles. The Kier molecular flexibility index (Phi) is 5.23. The van der Waals surface area contributed by atoms with Gasteiger partial charge in [-0.25, -0.2) is 4.79 Å². The average molecular weight is 290 g/mol. The van der Waals surface area contributed by atoms with Crippen LogP contribution in [-0.2, 0) is 11.3 Å². The predicted octanol–water partition coefficient (Wildman–Crippen LogP) is 2.89. The zero-order valence-electron chi connectivity index (χ0n) is 13.3. The van der Waals surface area contributed by atoms with Crippen LogP contribution in [0.5, 0.6) is 0 Å². The molecule has 1 saturated heterocycles. The summed E-state index contributed by atoms with van der Waals surface area (Å²) in [5, 5.41) is 3.44. The van der Waals surface area contributed by atoms with Crippen LogP contribution in [0.1, 0.15) is 25.8 Å². The minimum absolute atomic E-state index is 0.246. The Balaban J connectivity index is 1.82. The topological polar surface area (TPSA) is 41.6 Å². The minimum atomic E-state index is -0.246. The SMILES string of the molecule is CC[C@]1(C)CNC[C@@H]1CN(C)C(=O)OCc1ccccc1. The van der Waals surface area contributed by atoms with Crippen LogP contribution in [-0.4, -0.2) is 37.7 Å². The van der Waals surface area contributed by atoms with Crippen LogP contribution in [0.4, 0.5) is 4.79 Å². The molecule has 0 aliphatic carbocycles. The monoisotopic (exact) mass is 290 g/mol. The van der Waals surface area contributed by atoms with Gasteiger partial charge in [0.15, 0.2) is 0 Å². The van der Waals surface area contributed by atoms with Crippen LogP contribution in [0.15, 0.2) is 30.3 Å². The van der Waals surface area contributed by atoms with Gasteiger partial charge in [-0.2, -0.15) is 0 Å². The number of ether oxygens (including phenoxy) is 1. The van der Waals surface area contributed by atoms with Gasteiger partial charge in [-0.3, -0.25) is 0 Å². The lowest BCUT2D eigenvalue weighted by atomic mass is 9.77. The van der Waals surface area contributed by atoms with Crippen molar-refractivity contribution >= 4 is 6.09 Å². The third kappa shape index (κ3) is 3.97. The molecule has 1 aliphatic heterocycles. The molecule has 0 unspecified atom stereocenters. The number of hydrogen-bond donors (Lipinski definition) is 1. The van der Waals surface area contributed by atoms with Gasteiger partial charge in [0.05, 0.1) is 0 Å². The van der Waals surface area contributed by atoms with Crippen molar-refractivity contribution in [2.45, 2.75) is 26.9 Å². The van der Waals surface area contributed by atoms with Gasteiger partial charge in [-0.1, -0.05) is 44.2 Å². The first kappa shape index (κ1) is 15.8. The smallest absolute Gasteiger partial charge is 0.409 e. The van der Waals surface area contributed by atoms with Crippen molar-refractivity contribution in [3.05, 3.63) is 35.9 Å². The molecule has 1 aromatic carbocycles. The second-order valence-electron chi connectivity index (χ2n) is 6.26. The van der Waals surface area contributed by atoms with Gasteiger partial charge >= 0.3 is 6.09 Å². The fourth-order valence-electron chi connectivity index (χ4n) is 2.86. The maximum absolute atomic E-state index is 12.1. The van der Waals surface area contributed by atoms with Crippen LogP contribution >= 0.6 is 0 Å². The third-order valence-electron chi connectivity index (χ3n) is 4.72. The number of nitrogens with one attached hydrogen (secondary N) is 1. The molecule has 2 rings (SSSR count). The Bertz CT molecular complexity index is 463. The standard InChI is InChI=1S/C17H26N2O2/c1-4-17(2)13-18-10-15(17)11-19(3)16(20)21-12-14-8-6-5-7-9-14/h5-9,15,18H,4,10-13H2,1-3H3/t15-,17-/m1/s1. The van der Waals surface area contributed by atoms with E-state index in [-0.39, 0.29) is 11.5 Å². The maximum atomic E-state index is 12.1. The van der Waals surface area contributed by atoms with Gasteiger partial charge in [-0.15, -0.1) is 0 Å². The summed E-state index contributed by atoms with van der Waals surface area (Å²) in [6.45, 7) is 7.58. The van der Waals surface area contributed by atoms with Crippen molar-refractivity contribution in [1.82, 2.24) is 10.2 Å². The summed E-state index contributed by atoms with van der Waals surface area (Å²) in [7, 11) is 1.82. The van der Waals surface area contributed by atoms with E-state index in [1.807, 2.05) is 37.4 Å². The van der Waals surface area contributed by atoms with Gasteiger partial charge in [0.1, 0.15) is 6.61 Å². The maximum Gasteiger partial charge on any atom is 0.409 e. The van der Waals surface area contributed by atoms with E-state index < -0.39 is 0 Å². The molecule has 116 valence electrons. The lowest BCUT2D eigenvalue weighted by Gasteiger charge is -2.32. The van der Waals surface area contributed by atoms with Crippen LogP contribution in [0.3, 0.4) is 0 Å². The van der Waals surface area contributed by atoms with Crippen molar-refractivity contribution in [1.29, 1.82) is 0 Å². The molecule has 21 heavy (non-hydrogen) atoms. The summed E-state index contributed by atoms with van der Waals surface area (Å²) in [4.78, 5) is 13.8. The van der Waals surface area contributed by atoms with E-state index in [0.717, 1.165) is 31.6 Å². The van der Waals surface area contributed by atoms with Gasteiger partial charge in [0.2, 0.25) is 0 Å². The molecule has 1 fully saturated rings. The Morgan fingerprint density at radius 2 is 2.14 bits per heavy atom. The zero-order chi connectivity index (χ0) is 15.3. The minimum Gasteiger partial charge on any atom is -0.445 e. The van der Waals surface area contributed by atoms with E-state index in [2.05, 4.69) is 19.2 Å². The molecule has 1 aliphatic rings. The van der Waals surface area contributed by atoms with Gasteiger partial charge in [-0.05, 0) is 23.3 Å². The second kappa shape index (κ2) is 6.94. The normalized spacial score (nSPS) is 24.8. The van der Waals surface area contributed by atoms with E-state index in [1.54, 1.807) is 4.90 Å². The molecular formula is C17H26N2O2. The van der Waals surface area contributed by atoms with E-state index in [0.29, 0.717) is 12.5 Å². The first-order chi connectivity index (χ1) is 10.0. The van der Waals surface area contributed by atoms with Gasteiger partial charge < -0.3 is 15.0 Å². The highest BCUT2D eigenvalue weighted by Crippen LogP contribution is 2.34.